The maximum Gasteiger partial charge on any atom is 0.282 e. The molecular formula is C21H23ClN4O3S. The van der Waals surface area contributed by atoms with E-state index in [0.717, 1.165) is 28.9 Å². The third-order valence-electron chi connectivity index (χ3n) is 5.01. The van der Waals surface area contributed by atoms with Gasteiger partial charge in [0.25, 0.3) is 11.6 Å². The number of carbonyl (C=O) groups excluding carboxylic acids is 1. The van der Waals surface area contributed by atoms with Crippen LogP contribution in [-0.4, -0.2) is 46.9 Å². The molecule has 0 spiro atoms. The monoisotopic (exact) mass is 446 g/mol. The molecule has 0 unspecified atom stereocenters. The number of fused-ring (bicyclic) bond motifs is 1. The number of rotatable bonds is 8. The molecule has 30 heavy (non-hydrogen) atoms. The summed E-state index contributed by atoms with van der Waals surface area (Å²) >= 11 is 7.46. The second-order valence-electron chi connectivity index (χ2n) is 6.82. The zero-order chi connectivity index (χ0) is 21.8. The van der Waals surface area contributed by atoms with Crippen LogP contribution in [0.5, 0.6) is 0 Å². The van der Waals surface area contributed by atoms with Gasteiger partial charge in [-0.2, -0.15) is 0 Å². The van der Waals surface area contributed by atoms with E-state index >= 15 is 0 Å². The highest BCUT2D eigenvalue weighted by molar-refractivity contribution is 7.22. The molecule has 1 aromatic heterocycles. The van der Waals surface area contributed by atoms with Crippen molar-refractivity contribution in [2.45, 2.75) is 20.8 Å². The zero-order valence-corrected chi connectivity index (χ0v) is 18.7. The Kier molecular flexibility index (Phi) is 7.02. The summed E-state index contributed by atoms with van der Waals surface area (Å²) in [6.45, 7) is 8.75. The predicted molar refractivity (Wildman–Crippen MR) is 122 cm³/mol. The molecule has 0 N–H and O–H groups in total. The Hall–Kier alpha value is -2.55. The molecule has 0 saturated carbocycles. The normalized spacial score (nSPS) is 11.2. The summed E-state index contributed by atoms with van der Waals surface area (Å²) in [7, 11) is 0. The van der Waals surface area contributed by atoms with E-state index in [1.54, 1.807) is 0 Å². The fraction of sp³-hybridized carbons (Fsp3) is 0.333. The molecule has 158 valence electrons. The first-order valence-corrected chi connectivity index (χ1v) is 10.9. The summed E-state index contributed by atoms with van der Waals surface area (Å²) in [6, 6.07) is 9.90. The van der Waals surface area contributed by atoms with E-state index in [9.17, 15) is 14.9 Å². The van der Waals surface area contributed by atoms with Crippen LogP contribution in [0.4, 0.5) is 10.8 Å². The van der Waals surface area contributed by atoms with Gasteiger partial charge in [0.05, 0.1) is 15.1 Å². The van der Waals surface area contributed by atoms with Crippen LogP contribution in [0.25, 0.3) is 10.2 Å². The van der Waals surface area contributed by atoms with Crippen molar-refractivity contribution in [2.24, 2.45) is 0 Å². The van der Waals surface area contributed by atoms with Gasteiger partial charge in [-0.25, -0.2) is 4.98 Å². The number of thiazole rings is 1. The van der Waals surface area contributed by atoms with Crippen LogP contribution < -0.4 is 4.90 Å². The molecule has 0 fully saturated rings. The number of hydrogen-bond acceptors (Lipinski definition) is 6. The van der Waals surface area contributed by atoms with Gasteiger partial charge in [0.2, 0.25) is 0 Å². The number of hydrogen-bond donors (Lipinski definition) is 0. The van der Waals surface area contributed by atoms with Gasteiger partial charge in [0.15, 0.2) is 5.13 Å². The minimum atomic E-state index is -0.561. The molecule has 3 rings (SSSR count). The second kappa shape index (κ2) is 9.51. The van der Waals surface area contributed by atoms with E-state index in [4.69, 9.17) is 11.6 Å². The van der Waals surface area contributed by atoms with Gasteiger partial charge in [-0.05, 0) is 43.8 Å². The number of amides is 1. The lowest BCUT2D eigenvalue weighted by Gasteiger charge is -2.24. The van der Waals surface area contributed by atoms with Gasteiger partial charge >= 0.3 is 0 Å². The average molecular weight is 447 g/mol. The molecule has 0 aliphatic rings. The number of para-hydroxylation sites is 1. The molecular weight excluding hydrogens is 424 g/mol. The molecule has 3 aromatic rings. The zero-order valence-electron chi connectivity index (χ0n) is 17.1. The smallest absolute Gasteiger partial charge is 0.282 e. The standard InChI is InChI=1S/C21H23ClN4O3S/c1-4-24(5-2)11-12-25(21-23-19-14(3)7-6-8-18(19)30-21)20(27)16-13-15(22)9-10-17(16)26(28)29/h6-10,13H,4-5,11-12H2,1-3H3. The van der Waals surface area contributed by atoms with Crippen LogP contribution in [0, 0.1) is 17.0 Å². The number of anilines is 1. The van der Waals surface area contributed by atoms with E-state index in [2.05, 4.69) is 23.7 Å². The van der Waals surface area contributed by atoms with Crippen molar-refractivity contribution in [3.63, 3.8) is 0 Å². The molecule has 0 atom stereocenters. The van der Waals surface area contributed by atoms with E-state index in [0.29, 0.717) is 18.2 Å². The highest BCUT2D eigenvalue weighted by Gasteiger charge is 2.28. The van der Waals surface area contributed by atoms with Crippen molar-refractivity contribution >= 4 is 49.9 Å². The number of carbonyl (C=O) groups is 1. The summed E-state index contributed by atoms with van der Waals surface area (Å²) in [6.07, 6.45) is 0. The molecule has 9 heteroatoms. The van der Waals surface area contributed by atoms with Gasteiger partial charge in [-0.3, -0.25) is 19.8 Å². The Morgan fingerprint density at radius 2 is 1.93 bits per heavy atom. The van der Waals surface area contributed by atoms with Gasteiger partial charge in [-0.15, -0.1) is 0 Å². The molecule has 1 amide bonds. The molecule has 0 saturated heterocycles. The molecule has 0 aliphatic heterocycles. The second-order valence-corrected chi connectivity index (χ2v) is 8.27. The Bertz CT molecular complexity index is 1080. The van der Waals surface area contributed by atoms with Crippen molar-refractivity contribution < 1.29 is 9.72 Å². The quantitative estimate of drug-likeness (QED) is 0.353. The van der Waals surface area contributed by atoms with Crippen LogP contribution >= 0.6 is 22.9 Å². The maximum absolute atomic E-state index is 13.5. The highest BCUT2D eigenvalue weighted by atomic mass is 35.5. The number of nitro groups is 1. The highest BCUT2D eigenvalue weighted by Crippen LogP contribution is 2.33. The molecule has 1 heterocycles. The number of aromatic nitrogens is 1. The van der Waals surface area contributed by atoms with Crippen LogP contribution in [0.15, 0.2) is 36.4 Å². The average Bonchev–Trinajstić information content (AvgIpc) is 3.16. The first-order chi connectivity index (χ1) is 14.3. The van der Waals surface area contributed by atoms with Gasteiger partial charge < -0.3 is 4.90 Å². The molecule has 0 bridgehead atoms. The number of halogens is 1. The Morgan fingerprint density at radius 1 is 1.20 bits per heavy atom. The maximum atomic E-state index is 13.5. The minimum absolute atomic E-state index is 0.0389. The van der Waals surface area contributed by atoms with Gasteiger partial charge in [0.1, 0.15) is 5.56 Å². The topological polar surface area (TPSA) is 79.6 Å². The minimum Gasteiger partial charge on any atom is -0.302 e. The number of nitro benzene ring substituents is 1. The lowest BCUT2D eigenvalue weighted by Crippen LogP contribution is -2.39. The van der Waals surface area contributed by atoms with Crippen molar-refractivity contribution in [1.29, 1.82) is 0 Å². The van der Waals surface area contributed by atoms with Crippen molar-refractivity contribution in [3.05, 3.63) is 62.7 Å². The van der Waals surface area contributed by atoms with Gasteiger partial charge in [-0.1, -0.05) is 48.9 Å². The van der Waals surface area contributed by atoms with Crippen LogP contribution in [-0.2, 0) is 0 Å². The summed E-state index contributed by atoms with van der Waals surface area (Å²) in [4.78, 5) is 32.8. The van der Waals surface area contributed by atoms with E-state index < -0.39 is 10.8 Å². The predicted octanol–water partition coefficient (Wildman–Crippen LogP) is 5.15. The molecule has 2 aromatic carbocycles. The SMILES string of the molecule is CCN(CC)CCN(C(=O)c1cc(Cl)ccc1[N+](=O)[O-])c1nc2c(C)cccc2s1. The number of aryl methyl sites for hydroxylation is 1. The number of likely N-dealkylation sites (N-methyl/N-ethyl adjacent to an activating group) is 1. The first-order valence-electron chi connectivity index (χ1n) is 9.70. The van der Waals surface area contributed by atoms with Gasteiger partial charge in [0, 0.05) is 24.2 Å². The lowest BCUT2D eigenvalue weighted by molar-refractivity contribution is -0.385. The number of benzene rings is 2. The fourth-order valence-corrected chi connectivity index (χ4v) is 4.48. The van der Waals surface area contributed by atoms with Crippen molar-refractivity contribution in [1.82, 2.24) is 9.88 Å². The van der Waals surface area contributed by atoms with Crippen molar-refractivity contribution in [2.75, 3.05) is 31.1 Å². The third kappa shape index (κ3) is 4.61. The van der Waals surface area contributed by atoms with Crippen LogP contribution in [0.2, 0.25) is 5.02 Å². The Labute approximate surface area is 184 Å². The van der Waals surface area contributed by atoms with Crippen LogP contribution in [0.3, 0.4) is 0 Å². The first kappa shape index (κ1) is 22.1. The summed E-state index contributed by atoms with van der Waals surface area (Å²) in [5.41, 5.74) is 1.54. The lowest BCUT2D eigenvalue weighted by atomic mass is 10.1. The third-order valence-corrected chi connectivity index (χ3v) is 6.28. The van der Waals surface area contributed by atoms with E-state index in [1.165, 1.54) is 34.4 Å². The summed E-state index contributed by atoms with van der Waals surface area (Å²) < 4.78 is 0.964. The fourth-order valence-electron chi connectivity index (χ4n) is 3.24. The van der Waals surface area contributed by atoms with Crippen molar-refractivity contribution in [3.8, 4) is 0 Å². The largest absolute Gasteiger partial charge is 0.302 e. The summed E-state index contributed by atoms with van der Waals surface area (Å²) in [5.74, 6) is -0.479. The molecule has 0 aliphatic carbocycles. The molecule has 0 radical (unpaired) electrons. The van der Waals surface area contributed by atoms with Crippen LogP contribution in [0.1, 0.15) is 29.8 Å². The van der Waals surface area contributed by atoms with E-state index in [1.807, 2.05) is 25.1 Å². The summed E-state index contributed by atoms with van der Waals surface area (Å²) in [5, 5.41) is 12.3. The number of nitrogens with zero attached hydrogens (tertiary/aromatic N) is 4. The Balaban J connectivity index is 2.07. The van der Waals surface area contributed by atoms with E-state index in [-0.39, 0.29) is 16.3 Å². The Morgan fingerprint density at radius 3 is 2.57 bits per heavy atom. The molecule has 7 nitrogen and oxygen atoms in total.